The fourth-order valence-corrected chi connectivity index (χ4v) is 9.33. The van der Waals surface area contributed by atoms with Crippen LogP contribution in [-0.2, 0) is 54.7 Å². The maximum atomic E-state index is 14.8. The molecule has 0 bridgehead atoms. The number of hydrogen-bond acceptors (Lipinski definition) is 7. The van der Waals surface area contributed by atoms with Crippen molar-refractivity contribution in [2.24, 2.45) is 22.7 Å². The van der Waals surface area contributed by atoms with Gasteiger partial charge < -0.3 is 30.2 Å². The number of likely N-dealkylation sites (N-methyl/N-ethyl adjacent to an activating group) is 1. The van der Waals surface area contributed by atoms with Crippen LogP contribution >= 0.6 is 0 Å². The molecule has 0 radical (unpaired) electrons. The highest BCUT2D eigenvalue weighted by Crippen LogP contribution is 2.34. The fourth-order valence-electron chi connectivity index (χ4n) is 9.33. The number of amides is 5. The van der Waals surface area contributed by atoms with E-state index in [1.165, 1.54) is 0 Å². The fraction of sp³-hybridized carbons (Fsp3) is 0.579. The van der Waals surface area contributed by atoms with Gasteiger partial charge in [0.15, 0.2) is 0 Å². The molecule has 0 spiro atoms. The number of rotatable bonds is 21. The molecular formula is C57H84N6O6. The Balaban J connectivity index is 0.0000104. The predicted molar refractivity (Wildman–Crippen MR) is 276 cm³/mol. The lowest BCUT2D eigenvalue weighted by molar-refractivity contribution is -0.149. The summed E-state index contributed by atoms with van der Waals surface area (Å²) in [5, 5.41) is 6.04. The molecule has 2 saturated heterocycles. The van der Waals surface area contributed by atoms with Crippen LogP contribution in [0.4, 0.5) is 0 Å². The van der Waals surface area contributed by atoms with E-state index in [-0.39, 0.29) is 61.1 Å². The number of ketones is 1. The molecule has 2 fully saturated rings. The molecular weight excluding hydrogens is 865 g/mol. The van der Waals surface area contributed by atoms with Gasteiger partial charge in [0.25, 0.3) is 0 Å². The standard InChI is InChI=1S/C56H80N6O6.CH4/c1-11-39(2)50(64)58-49(56(7,8)9)54(68)62-33-19-25-47(62)53(67)60(35-31-42-22-16-13-17-23-42)38-44-28-26-43(27-29-44)37-59(34-30-41-20-14-12-15-21-41)52(66)46-24-18-32-61(46)51(65)45(55(4,5)6)36-48(63)40(3)57-10;/h12-17,20-23,26-29,39-40,45-47,49,57H,11,18-19,24-25,30-38H2,1-10H3,(H,58,64);1H4/t39-,40+,45-,46+,47+,49-;/m1./s1. The summed E-state index contributed by atoms with van der Waals surface area (Å²) in [6.07, 6.45) is 4.55. The Kier molecular flexibility index (Phi) is 20.8. The summed E-state index contributed by atoms with van der Waals surface area (Å²) in [4.78, 5) is 91.7. The number of carbonyl (C=O) groups excluding carboxylic acids is 6. The molecule has 3 aromatic carbocycles. The van der Waals surface area contributed by atoms with Crippen LogP contribution in [0.25, 0.3) is 0 Å². The van der Waals surface area contributed by atoms with E-state index in [0.717, 1.165) is 22.3 Å². The Morgan fingerprint density at radius 2 is 1.07 bits per heavy atom. The van der Waals surface area contributed by atoms with Crippen molar-refractivity contribution in [1.82, 2.24) is 30.2 Å². The van der Waals surface area contributed by atoms with Crippen molar-refractivity contribution in [1.29, 1.82) is 0 Å². The molecule has 2 aliphatic heterocycles. The molecule has 0 saturated carbocycles. The minimum atomic E-state index is -0.776. The van der Waals surface area contributed by atoms with E-state index in [0.29, 0.717) is 84.2 Å². The molecule has 5 rings (SSSR count). The maximum Gasteiger partial charge on any atom is 0.246 e. The van der Waals surface area contributed by atoms with E-state index in [2.05, 4.69) is 34.9 Å². The predicted octanol–water partition coefficient (Wildman–Crippen LogP) is 8.25. The molecule has 0 aromatic heterocycles. The van der Waals surface area contributed by atoms with Crippen molar-refractivity contribution in [3.63, 3.8) is 0 Å². The van der Waals surface area contributed by atoms with Gasteiger partial charge in [-0.15, -0.1) is 0 Å². The van der Waals surface area contributed by atoms with E-state index in [1.54, 1.807) is 16.8 Å². The smallest absolute Gasteiger partial charge is 0.246 e. The largest absolute Gasteiger partial charge is 0.344 e. The van der Waals surface area contributed by atoms with Gasteiger partial charge in [0.2, 0.25) is 29.5 Å². The first-order chi connectivity index (χ1) is 32.2. The molecule has 0 aliphatic carbocycles. The third-order valence-corrected chi connectivity index (χ3v) is 14.2. The topological polar surface area (TPSA) is 139 Å². The zero-order chi connectivity index (χ0) is 49.8. The molecule has 378 valence electrons. The Labute approximate surface area is 414 Å². The van der Waals surface area contributed by atoms with Crippen molar-refractivity contribution in [2.75, 3.05) is 33.2 Å². The molecule has 2 aliphatic rings. The van der Waals surface area contributed by atoms with E-state index < -0.39 is 34.9 Å². The first-order valence-electron chi connectivity index (χ1n) is 25.1. The Morgan fingerprint density at radius 3 is 1.46 bits per heavy atom. The number of nitrogens with one attached hydrogen (secondary N) is 2. The quantitative estimate of drug-likeness (QED) is 0.110. The monoisotopic (exact) mass is 949 g/mol. The van der Waals surface area contributed by atoms with Crippen molar-refractivity contribution >= 4 is 35.3 Å². The van der Waals surface area contributed by atoms with Crippen molar-refractivity contribution in [2.45, 2.75) is 158 Å². The van der Waals surface area contributed by atoms with Gasteiger partial charge >= 0.3 is 0 Å². The first kappa shape index (κ1) is 56.2. The Morgan fingerprint density at radius 1 is 0.638 bits per heavy atom. The average Bonchev–Trinajstić information content (AvgIpc) is 4.03. The highest BCUT2D eigenvalue weighted by molar-refractivity contribution is 5.94. The minimum Gasteiger partial charge on any atom is -0.344 e. The van der Waals surface area contributed by atoms with Crippen molar-refractivity contribution in [3.8, 4) is 0 Å². The molecule has 12 nitrogen and oxygen atoms in total. The lowest BCUT2D eigenvalue weighted by atomic mass is 9.76. The van der Waals surface area contributed by atoms with Crippen LogP contribution in [-0.4, -0.2) is 112 Å². The molecule has 0 unspecified atom stereocenters. The van der Waals surface area contributed by atoms with Crippen LogP contribution in [0.15, 0.2) is 84.9 Å². The van der Waals surface area contributed by atoms with E-state index >= 15 is 0 Å². The summed E-state index contributed by atoms with van der Waals surface area (Å²) in [5.74, 6) is -1.57. The Hall–Kier alpha value is -5.36. The van der Waals surface area contributed by atoms with Crippen molar-refractivity contribution < 1.29 is 28.8 Å². The van der Waals surface area contributed by atoms with Gasteiger partial charge in [0, 0.05) is 57.5 Å². The van der Waals surface area contributed by atoms with Gasteiger partial charge in [-0.3, -0.25) is 28.8 Å². The SMILES string of the molecule is C.CC[C@@H](C)C(=O)N[C@H](C(=O)N1CCC[C@H]1C(=O)N(CCc1ccccc1)Cc1ccc(CN(CCc2ccccc2)C(=O)[C@@H]2CCCN2C(=O)[C@@H](CC(=O)[C@H](C)NC)C(C)(C)C)cc1)C(C)(C)C. The lowest BCUT2D eigenvalue weighted by Crippen LogP contribution is -2.58. The van der Waals surface area contributed by atoms with Crippen LogP contribution in [0.3, 0.4) is 0 Å². The molecule has 5 amide bonds. The first-order valence-corrected chi connectivity index (χ1v) is 25.1. The highest BCUT2D eigenvalue weighted by atomic mass is 16.2. The number of likely N-dealkylation sites (tertiary alicyclic amines) is 2. The van der Waals surface area contributed by atoms with Gasteiger partial charge in [-0.1, -0.05) is 148 Å². The molecule has 12 heteroatoms. The van der Waals surface area contributed by atoms with Crippen molar-refractivity contribution in [3.05, 3.63) is 107 Å². The average molecular weight is 949 g/mol. The summed E-state index contributed by atoms with van der Waals surface area (Å²) < 4.78 is 0. The summed E-state index contributed by atoms with van der Waals surface area (Å²) in [6.45, 7) is 19.9. The van der Waals surface area contributed by atoms with Gasteiger partial charge in [-0.05, 0) is 92.0 Å². The highest BCUT2D eigenvalue weighted by Gasteiger charge is 2.45. The normalized spacial score (nSPS) is 17.8. The van der Waals surface area contributed by atoms with E-state index in [4.69, 9.17) is 0 Å². The van der Waals surface area contributed by atoms with Gasteiger partial charge in [-0.2, -0.15) is 0 Å². The minimum absolute atomic E-state index is 0. The number of benzene rings is 3. The molecule has 2 N–H and O–H groups in total. The van der Waals surface area contributed by atoms with Gasteiger partial charge in [0.1, 0.15) is 23.9 Å². The van der Waals surface area contributed by atoms with Crippen LogP contribution in [0.1, 0.15) is 131 Å². The summed E-state index contributed by atoms with van der Waals surface area (Å²) in [6, 6.07) is 25.8. The number of hydrogen-bond donors (Lipinski definition) is 2. The molecule has 2 heterocycles. The number of Topliss-reactive ketones (excluding diaryl/α,β-unsaturated/α-hetero) is 1. The van der Waals surface area contributed by atoms with Gasteiger partial charge in [0.05, 0.1) is 6.04 Å². The summed E-state index contributed by atoms with van der Waals surface area (Å²) in [7, 11) is 1.74. The van der Waals surface area contributed by atoms with Crippen LogP contribution in [0, 0.1) is 22.7 Å². The van der Waals surface area contributed by atoms with E-state index in [9.17, 15) is 28.8 Å². The zero-order valence-corrected chi connectivity index (χ0v) is 42.7. The molecule has 6 atom stereocenters. The maximum absolute atomic E-state index is 14.8. The van der Waals surface area contributed by atoms with Crippen LogP contribution in [0.5, 0.6) is 0 Å². The second kappa shape index (κ2) is 25.5. The second-order valence-corrected chi connectivity index (χ2v) is 21.4. The lowest BCUT2D eigenvalue weighted by Gasteiger charge is -2.37. The van der Waals surface area contributed by atoms with Gasteiger partial charge in [-0.25, -0.2) is 0 Å². The summed E-state index contributed by atoms with van der Waals surface area (Å²) >= 11 is 0. The van der Waals surface area contributed by atoms with Crippen LogP contribution < -0.4 is 10.6 Å². The van der Waals surface area contributed by atoms with Crippen LogP contribution in [0.2, 0.25) is 0 Å². The second-order valence-electron chi connectivity index (χ2n) is 21.4. The third kappa shape index (κ3) is 15.3. The zero-order valence-electron chi connectivity index (χ0n) is 42.7. The third-order valence-electron chi connectivity index (χ3n) is 14.2. The molecule has 69 heavy (non-hydrogen) atoms. The number of nitrogens with zero attached hydrogens (tertiary/aromatic N) is 4. The Bertz CT molecular complexity index is 2000. The van der Waals surface area contributed by atoms with E-state index in [1.807, 2.05) is 133 Å². The number of carbonyl (C=O) groups is 6. The molecule has 3 aromatic rings. The summed E-state index contributed by atoms with van der Waals surface area (Å²) in [5.41, 5.74) is 3.01.